The fraction of sp³-hybridized carbons (Fsp3) is 0.524. The number of benzene rings is 1. The summed E-state index contributed by atoms with van der Waals surface area (Å²) >= 11 is 1.64. The number of nitrogens with zero attached hydrogens (tertiary/aromatic N) is 2. The van der Waals surface area contributed by atoms with Crippen molar-refractivity contribution < 1.29 is 14.6 Å². The Morgan fingerprint density at radius 1 is 1.38 bits per heavy atom. The first-order valence-corrected chi connectivity index (χ1v) is 11.0. The van der Waals surface area contributed by atoms with Gasteiger partial charge < -0.3 is 20.5 Å². The number of hydrogen-bond acceptors (Lipinski definition) is 7. The zero-order valence-corrected chi connectivity index (χ0v) is 17.5. The molecule has 1 amide bonds. The Morgan fingerprint density at radius 2 is 2.14 bits per heavy atom. The van der Waals surface area contributed by atoms with Gasteiger partial charge in [-0.3, -0.25) is 9.69 Å². The first kappa shape index (κ1) is 20.4. The maximum atomic E-state index is 12.8. The number of morpholine rings is 1. The molecule has 2 saturated heterocycles. The number of aliphatic hydroxyl groups excluding tert-OH is 1. The second kappa shape index (κ2) is 9.32. The van der Waals surface area contributed by atoms with E-state index in [4.69, 9.17) is 4.74 Å². The van der Waals surface area contributed by atoms with E-state index in [-0.39, 0.29) is 18.0 Å². The molecule has 29 heavy (non-hydrogen) atoms. The maximum Gasteiger partial charge on any atom is 0.237 e. The highest BCUT2D eigenvalue weighted by Gasteiger charge is 2.30. The Morgan fingerprint density at radius 3 is 2.76 bits per heavy atom. The lowest BCUT2D eigenvalue weighted by molar-refractivity contribution is -0.123. The summed E-state index contributed by atoms with van der Waals surface area (Å²) < 4.78 is 5.46. The SMILES string of the molecule is Cc1ncsc1-c1ccc([C@H](CN2CCOCC2)NC(=O)C2CC(O)CN2)cc1. The highest BCUT2D eigenvalue weighted by Crippen LogP contribution is 2.28. The lowest BCUT2D eigenvalue weighted by atomic mass is 10.0. The summed E-state index contributed by atoms with van der Waals surface area (Å²) in [7, 11) is 0. The molecule has 0 aliphatic carbocycles. The van der Waals surface area contributed by atoms with E-state index >= 15 is 0 Å². The molecule has 1 aromatic heterocycles. The van der Waals surface area contributed by atoms with Gasteiger partial charge in [0.1, 0.15) is 0 Å². The first-order chi connectivity index (χ1) is 14.1. The van der Waals surface area contributed by atoms with Crippen LogP contribution in [0, 0.1) is 6.92 Å². The van der Waals surface area contributed by atoms with E-state index in [0.717, 1.165) is 49.7 Å². The average Bonchev–Trinajstić information content (AvgIpc) is 3.37. The molecule has 8 heteroatoms. The van der Waals surface area contributed by atoms with Crippen LogP contribution in [0.15, 0.2) is 29.8 Å². The molecule has 1 aromatic carbocycles. The molecular formula is C21H28N4O3S. The van der Waals surface area contributed by atoms with Crippen molar-refractivity contribution in [1.82, 2.24) is 20.5 Å². The summed E-state index contributed by atoms with van der Waals surface area (Å²) in [6.45, 7) is 6.40. The largest absolute Gasteiger partial charge is 0.392 e. The molecule has 156 valence electrons. The topological polar surface area (TPSA) is 86.7 Å². The van der Waals surface area contributed by atoms with Crippen LogP contribution in [0.3, 0.4) is 0 Å². The number of aryl methyl sites for hydroxylation is 1. The van der Waals surface area contributed by atoms with Crippen LogP contribution in [-0.4, -0.2) is 72.4 Å². The van der Waals surface area contributed by atoms with E-state index in [1.807, 2.05) is 12.4 Å². The van der Waals surface area contributed by atoms with Crippen molar-refractivity contribution in [2.45, 2.75) is 31.5 Å². The third-order valence-corrected chi connectivity index (χ3v) is 6.58. The molecule has 0 radical (unpaired) electrons. The van der Waals surface area contributed by atoms with Gasteiger partial charge in [-0.2, -0.15) is 0 Å². The monoisotopic (exact) mass is 416 g/mol. The van der Waals surface area contributed by atoms with Crippen molar-refractivity contribution in [3.63, 3.8) is 0 Å². The van der Waals surface area contributed by atoms with Gasteiger partial charge in [0.25, 0.3) is 0 Å². The van der Waals surface area contributed by atoms with Gasteiger partial charge in [0.15, 0.2) is 0 Å². The minimum absolute atomic E-state index is 0.0535. The van der Waals surface area contributed by atoms with Gasteiger partial charge in [0, 0.05) is 26.2 Å². The lowest BCUT2D eigenvalue weighted by Crippen LogP contribution is -2.47. The molecule has 2 unspecified atom stereocenters. The first-order valence-electron chi connectivity index (χ1n) is 10.1. The normalized spacial score (nSPS) is 23.8. The number of ether oxygens (including phenoxy) is 1. The number of amides is 1. The van der Waals surface area contributed by atoms with Crippen LogP contribution >= 0.6 is 11.3 Å². The molecule has 4 rings (SSSR count). The van der Waals surface area contributed by atoms with Crippen LogP contribution in [0.2, 0.25) is 0 Å². The van der Waals surface area contributed by atoms with Crippen molar-refractivity contribution in [1.29, 1.82) is 0 Å². The van der Waals surface area contributed by atoms with E-state index in [2.05, 4.69) is 44.8 Å². The van der Waals surface area contributed by atoms with Gasteiger partial charge in [-0.05, 0) is 24.5 Å². The third-order valence-electron chi connectivity index (χ3n) is 5.61. The summed E-state index contributed by atoms with van der Waals surface area (Å²) in [5.74, 6) is -0.0535. The number of hydrogen-bond donors (Lipinski definition) is 3. The lowest BCUT2D eigenvalue weighted by Gasteiger charge is -2.31. The van der Waals surface area contributed by atoms with Crippen molar-refractivity contribution >= 4 is 17.2 Å². The molecule has 2 aliphatic heterocycles. The molecule has 3 heterocycles. The summed E-state index contributed by atoms with van der Waals surface area (Å²) in [5.41, 5.74) is 5.12. The zero-order chi connectivity index (χ0) is 20.2. The van der Waals surface area contributed by atoms with E-state index in [0.29, 0.717) is 13.0 Å². The van der Waals surface area contributed by atoms with Gasteiger partial charge in [-0.25, -0.2) is 4.98 Å². The smallest absolute Gasteiger partial charge is 0.237 e. The molecule has 0 spiro atoms. The van der Waals surface area contributed by atoms with Crippen molar-refractivity contribution in [3.8, 4) is 10.4 Å². The van der Waals surface area contributed by atoms with Crippen molar-refractivity contribution in [3.05, 3.63) is 41.0 Å². The molecular weight excluding hydrogens is 388 g/mol. The van der Waals surface area contributed by atoms with Crippen molar-refractivity contribution in [2.24, 2.45) is 0 Å². The Bertz CT molecular complexity index is 820. The second-order valence-electron chi connectivity index (χ2n) is 7.71. The van der Waals surface area contributed by atoms with E-state index in [1.54, 1.807) is 11.3 Å². The molecule has 0 bridgehead atoms. The predicted octanol–water partition coefficient (Wildman–Crippen LogP) is 1.33. The van der Waals surface area contributed by atoms with E-state index in [9.17, 15) is 9.90 Å². The number of aliphatic hydroxyl groups is 1. The summed E-state index contributed by atoms with van der Waals surface area (Å²) in [4.78, 5) is 20.6. The van der Waals surface area contributed by atoms with Gasteiger partial charge in [-0.1, -0.05) is 24.3 Å². The van der Waals surface area contributed by atoms with Gasteiger partial charge in [-0.15, -0.1) is 11.3 Å². The van der Waals surface area contributed by atoms with Crippen LogP contribution in [0.1, 0.15) is 23.7 Å². The Kier molecular flexibility index (Phi) is 6.56. The Hall–Kier alpha value is -1.84. The third kappa shape index (κ3) is 5.02. The molecule has 7 nitrogen and oxygen atoms in total. The number of rotatable bonds is 6. The average molecular weight is 417 g/mol. The van der Waals surface area contributed by atoms with Crippen LogP contribution < -0.4 is 10.6 Å². The summed E-state index contributed by atoms with van der Waals surface area (Å²) in [6.07, 6.45) is 0.00468. The molecule has 2 fully saturated rings. The van der Waals surface area contributed by atoms with E-state index < -0.39 is 6.10 Å². The number of carbonyl (C=O) groups is 1. The highest BCUT2D eigenvalue weighted by atomic mass is 32.1. The van der Waals surface area contributed by atoms with Crippen LogP contribution in [0.4, 0.5) is 0 Å². The number of carbonyl (C=O) groups excluding carboxylic acids is 1. The summed E-state index contributed by atoms with van der Waals surface area (Å²) in [6, 6.07) is 7.94. The molecule has 2 aliphatic rings. The zero-order valence-electron chi connectivity index (χ0n) is 16.6. The number of β-amino-alcohol motifs (C(OH)–C–C–N with tert-alkyl or cyclic N) is 1. The highest BCUT2D eigenvalue weighted by molar-refractivity contribution is 7.13. The van der Waals surface area contributed by atoms with Crippen LogP contribution in [0.25, 0.3) is 10.4 Å². The predicted molar refractivity (Wildman–Crippen MR) is 113 cm³/mol. The second-order valence-corrected chi connectivity index (χ2v) is 8.57. The van der Waals surface area contributed by atoms with Gasteiger partial charge in [0.05, 0.1) is 47.5 Å². The van der Waals surface area contributed by atoms with E-state index in [1.165, 1.54) is 4.88 Å². The Balaban J connectivity index is 1.50. The number of thiazole rings is 1. The maximum absolute atomic E-state index is 12.8. The van der Waals surface area contributed by atoms with Gasteiger partial charge >= 0.3 is 0 Å². The van der Waals surface area contributed by atoms with Crippen LogP contribution in [0.5, 0.6) is 0 Å². The van der Waals surface area contributed by atoms with Gasteiger partial charge in [0.2, 0.25) is 5.91 Å². The molecule has 2 aromatic rings. The molecule has 3 N–H and O–H groups in total. The number of aromatic nitrogens is 1. The van der Waals surface area contributed by atoms with Crippen LogP contribution in [-0.2, 0) is 9.53 Å². The minimum atomic E-state index is -0.453. The Labute approximate surface area is 175 Å². The quantitative estimate of drug-likeness (QED) is 0.659. The fourth-order valence-electron chi connectivity index (χ4n) is 3.91. The number of nitrogens with one attached hydrogen (secondary N) is 2. The van der Waals surface area contributed by atoms with Crippen molar-refractivity contribution in [2.75, 3.05) is 39.4 Å². The summed E-state index contributed by atoms with van der Waals surface area (Å²) in [5, 5.41) is 16.0. The molecule has 3 atom stereocenters. The minimum Gasteiger partial charge on any atom is -0.392 e. The fourth-order valence-corrected chi connectivity index (χ4v) is 4.72. The molecule has 0 saturated carbocycles. The standard InChI is InChI=1S/C21H28N4O3S/c1-14-20(29-13-23-14)16-4-2-15(3-5-16)19(12-25-6-8-28-9-7-25)24-21(27)18-10-17(26)11-22-18/h2-5,13,17-19,22,26H,6-12H2,1H3,(H,24,27)/t17?,18?,19-/m0/s1.